The Kier molecular flexibility index (Phi) is 9.61. The lowest BCUT2D eigenvalue weighted by Gasteiger charge is -2.13. The van der Waals surface area contributed by atoms with Gasteiger partial charge in [-0.15, -0.1) is 0 Å². The van der Waals surface area contributed by atoms with E-state index in [4.69, 9.17) is 21.7 Å². The number of hydrogen-bond acceptors (Lipinski definition) is 4. The van der Waals surface area contributed by atoms with Crippen molar-refractivity contribution in [3.05, 3.63) is 58.9 Å². The van der Waals surface area contributed by atoms with Crippen molar-refractivity contribution in [2.75, 3.05) is 6.61 Å². The van der Waals surface area contributed by atoms with Crippen molar-refractivity contribution < 1.29 is 13.5 Å². The minimum absolute atomic E-state index is 0.175. The fraction of sp³-hybridized carbons (Fsp3) is 0.368. The smallest absolute Gasteiger partial charge is 0.292 e. The summed E-state index contributed by atoms with van der Waals surface area (Å²) in [5.74, 6) is 0.175. The van der Waals surface area contributed by atoms with Crippen LogP contribution in [0.15, 0.2) is 47.8 Å². The SMILES string of the molecule is C=C(Cl)/C(=C/NCc1cnc(OCC(F)(F)P)c(C)c1)C(=N)/C=C\CCC. The summed E-state index contributed by atoms with van der Waals surface area (Å²) < 4.78 is 30.7. The molecule has 1 heterocycles. The van der Waals surface area contributed by atoms with Crippen LogP contribution in [0.5, 0.6) is 5.88 Å². The minimum Gasteiger partial charge on any atom is -0.471 e. The van der Waals surface area contributed by atoms with Gasteiger partial charge < -0.3 is 15.5 Å². The number of nitrogens with one attached hydrogen (secondary N) is 2. The molecule has 148 valence electrons. The van der Waals surface area contributed by atoms with Gasteiger partial charge in [0.1, 0.15) is 0 Å². The van der Waals surface area contributed by atoms with E-state index in [1.807, 2.05) is 6.08 Å². The van der Waals surface area contributed by atoms with Crippen molar-refractivity contribution in [1.82, 2.24) is 10.3 Å². The van der Waals surface area contributed by atoms with Crippen molar-refractivity contribution in [3.63, 3.8) is 0 Å². The van der Waals surface area contributed by atoms with Crippen LogP contribution in [0.1, 0.15) is 30.9 Å². The number of ether oxygens (including phenoxy) is 1. The van der Waals surface area contributed by atoms with E-state index in [0.29, 0.717) is 17.7 Å². The average Bonchev–Trinajstić information content (AvgIpc) is 2.56. The van der Waals surface area contributed by atoms with E-state index in [9.17, 15) is 8.78 Å². The molecule has 1 unspecified atom stereocenters. The Morgan fingerprint density at radius 1 is 1.52 bits per heavy atom. The van der Waals surface area contributed by atoms with Crippen molar-refractivity contribution in [2.24, 2.45) is 0 Å². The largest absolute Gasteiger partial charge is 0.471 e. The highest BCUT2D eigenvalue weighted by Crippen LogP contribution is 2.24. The van der Waals surface area contributed by atoms with Gasteiger partial charge in [0.05, 0.1) is 5.71 Å². The standard InChI is InChI=1S/C19H25ClF2N3OP/c1-4-5-6-7-17(23)16(14(3)20)11-24-9-15-8-13(2)18(25-10-15)26-12-19(21,22)27/h6-8,10-11,23-24H,3-5,9,12,27H2,1-2H3/b7-6-,16-11-,23-17?. The number of allylic oxidation sites excluding steroid dienone is 4. The molecule has 1 aromatic rings. The molecule has 0 saturated heterocycles. The molecule has 1 atom stereocenters. The summed E-state index contributed by atoms with van der Waals surface area (Å²) in [7, 11) is 1.43. The highest BCUT2D eigenvalue weighted by molar-refractivity contribution is 7.18. The second kappa shape index (κ2) is 11.2. The summed E-state index contributed by atoms with van der Waals surface area (Å²) in [4.78, 5) is 4.08. The molecule has 0 aliphatic heterocycles. The fourth-order valence-corrected chi connectivity index (χ4v) is 2.30. The number of halogens is 3. The van der Waals surface area contributed by atoms with E-state index in [1.165, 1.54) is 9.24 Å². The van der Waals surface area contributed by atoms with Crippen LogP contribution < -0.4 is 10.1 Å². The van der Waals surface area contributed by atoms with Crippen LogP contribution in [0.3, 0.4) is 0 Å². The fourth-order valence-electron chi connectivity index (χ4n) is 2.06. The number of pyridine rings is 1. The van der Waals surface area contributed by atoms with Gasteiger partial charge in [0.25, 0.3) is 5.66 Å². The Morgan fingerprint density at radius 3 is 2.78 bits per heavy atom. The quantitative estimate of drug-likeness (QED) is 0.291. The molecule has 0 radical (unpaired) electrons. The molecule has 0 spiro atoms. The lowest BCUT2D eigenvalue weighted by atomic mass is 10.1. The first-order valence-electron chi connectivity index (χ1n) is 8.43. The predicted octanol–water partition coefficient (Wildman–Crippen LogP) is 5.34. The molecule has 2 N–H and O–H groups in total. The zero-order valence-corrected chi connectivity index (χ0v) is 17.4. The van der Waals surface area contributed by atoms with Gasteiger partial charge in [0, 0.05) is 35.1 Å². The summed E-state index contributed by atoms with van der Waals surface area (Å²) in [5, 5.41) is 11.4. The Balaban J connectivity index is 2.72. The number of aryl methyl sites for hydroxylation is 1. The van der Waals surface area contributed by atoms with Gasteiger partial charge in [-0.25, -0.2) is 4.98 Å². The summed E-state index contributed by atoms with van der Waals surface area (Å²) in [5.41, 5.74) is -0.731. The molecule has 1 aromatic heterocycles. The van der Waals surface area contributed by atoms with E-state index >= 15 is 0 Å². The highest BCUT2D eigenvalue weighted by atomic mass is 35.5. The molecule has 27 heavy (non-hydrogen) atoms. The van der Waals surface area contributed by atoms with Crippen molar-refractivity contribution >= 4 is 26.6 Å². The molecular formula is C19H25ClF2N3OP. The maximum atomic E-state index is 12.8. The van der Waals surface area contributed by atoms with Gasteiger partial charge >= 0.3 is 0 Å². The van der Waals surface area contributed by atoms with Crippen LogP contribution in [-0.2, 0) is 6.54 Å². The van der Waals surface area contributed by atoms with Gasteiger partial charge in [-0.05, 0) is 31.1 Å². The zero-order valence-electron chi connectivity index (χ0n) is 15.5. The zero-order chi connectivity index (χ0) is 20.4. The van der Waals surface area contributed by atoms with Crippen LogP contribution >= 0.6 is 20.8 Å². The van der Waals surface area contributed by atoms with Crippen LogP contribution in [-0.4, -0.2) is 23.0 Å². The van der Waals surface area contributed by atoms with Gasteiger partial charge in [-0.1, -0.05) is 46.8 Å². The Labute approximate surface area is 166 Å². The van der Waals surface area contributed by atoms with Crippen molar-refractivity contribution in [1.29, 1.82) is 5.41 Å². The summed E-state index contributed by atoms with van der Waals surface area (Å²) >= 11 is 5.98. The molecule has 8 heteroatoms. The maximum Gasteiger partial charge on any atom is 0.292 e. The number of hydrogen-bond donors (Lipinski definition) is 2. The molecule has 0 bridgehead atoms. The molecule has 0 aromatic carbocycles. The van der Waals surface area contributed by atoms with E-state index in [0.717, 1.165) is 18.4 Å². The molecule has 0 aliphatic carbocycles. The average molecular weight is 416 g/mol. The first-order chi connectivity index (χ1) is 12.6. The molecule has 0 aliphatic rings. The Morgan fingerprint density at radius 2 is 2.22 bits per heavy atom. The molecule has 1 rings (SSSR count). The first kappa shape index (κ1) is 23.3. The second-order valence-corrected chi connectivity index (χ2v) is 7.26. The lowest BCUT2D eigenvalue weighted by molar-refractivity contribution is 0.0440. The van der Waals surface area contributed by atoms with E-state index in [1.54, 1.807) is 31.5 Å². The lowest BCUT2D eigenvalue weighted by Crippen LogP contribution is -2.18. The predicted molar refractivity (Wildman–Crippen MR) is 111 cm³/mol. The molecule has 0 amide bonds. The number of rotatable bonds is 11. The number of alkyl halides is 2. The topological polar surface area (TPSA) is 58.0 Å². The van der Waals surface area contributed by atoms with Crippen LogP contribution in [0.2, 0.25) is 0 Å². The van der Waals surface area contributed by atoms with Crippen LogP contribution in [0, 0.1) is 12.3 Å². The highest BCUT2D eigenvalue weighted by Gasteiger charge is 2.23. The third-order valence-electron chi connectivity index (χ3n) is 3.36. The van der Waals surface area contributed by atoms with Gasteiger partial charge in [0.15, 0.2) is 6.61 Å². The molecule has 4 nitrogen and oxygen atoms in total. The number of aromatic nitrogens is 1. The maximum absolute atomic E-state index is 12.8. The number of unbranched alkanes of at least 4 members (excludes halogenated alkanes) is 1. The van der Waals surface area contributed by atoms with E-state index in [-0.39, 0.29) is 16.6 Å². The van der Waals surface area contributed by atoms with Gasteiger partial charge in [0.2, 0.25) is 5.88 Å². The molecular weight excluding hydrogens is 391 g/mol. The third-order valence-corrected chi connectivity index (χ3v) is 3.73. The van der Waals surface area contributed by atoms with E-state index in [2.05, 4.69) is 23.8 Å². The summed E-state index contributed by atoms with van der Waals surface area (Å²) in [6.45, 7) is 7.16. The van der Waals surface area contributed by atoms with Gasteiger partial charge in [-0.3, -0.25) is 0 Å². The van der Waals surface area contributed by atoms with Crippen LogP contribution in [0.25, 0.3) is 0 Å². The Bertz CT molecular complexity index is 730. The summed E-state index contributed by atoms with van der Waals surface area (Å²) in [6.07, 6.45) is 8.68. The molecule has 0 fully saturated rings. The van der Waals surface area contributed by atoms with Crippen LogP contribution in [0.4, 0.5) is 8.78 Å². The van der Waals surface area contributed by atoms with Crippen molar-refractivity contribution in [2.45, 2.75) is 38.9 Å². The Hall–Kier alpha value is -1.78. The van der Waals surface area contributed by atoms with E-state index < -0.39 is 12.3 Å². The first-order valence-corrected chi connectivity index (χ1v) is 9.38. The van der Waals surface area contributed by atoms with Crippen molar-refractivity contribution in [3.8, 4) is 5.88 Å². The number of nitrogens with zero attached hydrogens (tertiary/aromatic N) is 1. The molecule has 0 saturated carbocycles. The van der Waals surface area contributed by atoms with Gasteiger partial charge in [-0.2, -0.15) is 8.78 Å². The normalized spacial score (nSPS) is 12.3. The second-order valence-electron chi connectivity index (χ2n) is 5.96. The summed E-state index contributed by atoms with van der Waals surface area (Å²) in [6, 6.07) is 1.80. The monoisotopic (exact) mass is 415 g/mol. The third kappa shape index (κ3) is 9.12. The minimum atomic E-state index is -2.99.